The first kappa shape index (κ1) is 19.1. The Morgan fingerprint density at radius 1 is 0.923 bits per heavy atom. The monoisotopic (exact) mass is 380 g/mol. The van der Waals surface area contributed by atoms with Crippen LogP contribution in [0.4, 0.5) is 0 Å². The Balaban J connectivity index is 1.78. The third kappa shape index (κ3) is 4.17. The standard InChI is InChI=1S/C19H21ClO6/c20-13-7-5-11(6-8-13)9-12-3-1-2-4-14(12)25-19-18(24)17(23)16(22)15(10-21)26-19/h1-8,15-19,21-24H,9-10H2/t15-,16-,17+,18-,19-/m1/s1. The van der Waals surface area contributed by atoms with Crippen LogP contribution in [0.15, 0.2) is 48.5 Å². The zero-order chi connectivity index (χ0) is 18.7. The van der Waals surface area contributed by atoms with Crippen molar-refractivity contribution in [2.24, 2.45) is 0 Å². The highest BCUT2D eigenvalue weighted by molar-refractivity contribution is 6.30. The summed E-state index contributed by atoms with van der Waals surface area (Å²) >= 11 is 5.91. The summed E-state index contributed by atoms with van der Waals surface area (Å²) in [7, 11) is 0. The van der Waals surface area contributed by atoms with Gasteiger partial charge in [0.25, 0.3) is 0 Å². The molecule has 5 atom stereocenters. The molecular formula is C19H21ClO6. The van der Waals surface area contributed by atoms with E-state index in [1.165, 1.54) is 0 Å². The molecule has 0 saturated carbocycles. The van der Waals surface area contributed by atoms with Gasteiger partial charge in [-0.2, -0.15) is 0 Å². The van der Waals surface area contributed by atoms with Crippen LogP contribution in [-0.4, -0.2) is 57.7 Å². The maximum atomic E-state index is 10.1. The van der Waals surface area contributed by atoms with Gasteiger partial charge < -0.3 is 29.9 Å². The molecule has 0 aliphatic carbocycles. The third-order valence-electron chi connectivity index (χ3n) is 4.37. The lowest BCUT2D eigenvalue weighted by Crippen LogP contribution is -2.60. The van der Waals surface area contributed by atoms with Crippen molar-refractivity contribution in [2.45, 2.75) is 37.1 Å². The van der Waals surface area contributed by atoms with Crippen molar-refractivity contribution >= 4 is 11.6 Å². The van der Waals surface area contributed by atoms with E-state index in [4.69, 9.17) is 21.1 Å². The molecule has 1 fully saturated rings. The number of ether oxygens (including phenoxy) is 2. The van der Waals surface area contributed by atoms with E-state index in [1.54, 1.807) is 24.3 Å². The van der Waals surface area contributed by atoms with Gasteiger partial charge in [-0.25, -0.2) is 0 Å². The van der Waals surface area contributed by atoms with Gasteiger partial charge in [-0.15, -0.1) is 0 Å². The second kappa shape index (κ2) is 8.35. The average Bonchev–Trinajstić information content (AvgIpc) is 2.65. The number of para-hydroxylation sites is 1. The molecule has 0 bridgehead atoms. The average molecular weight is 381 g/mol. The van der Waals surface area contributed by atoms with Crippen LogP contribution in [0.5, 0.6) is 5.75 Å². The van der Waals surface area contributed by atoms with Gasteiger partial charge in [-0.3, -0.25) is 0 Å². The molecule has 1 saturated heterocycles. The molecule has 26 heavy (non-hydrogen) atoms. The molecule has 3 rings (SSSR count). The molecule has 0 unspecified atom stereocenters. The van der Waals surface area contributed by atoms with Gasteiger partial charge in [0.15, 0.2) is 0 Å². The summed E-state index contributed by atoms with van der Waals surface area (Å²) in [6, 6.07) is 14.7. The number of rotatable bonds is 5. The highest BCUT2D eigenvalue weighted by Crippen LogP contribution is 2.28. The van der Waals surface area contributed by atoms with E-state index in [0.29, 0.717) is 17.2 Å². The summed E-state index contributed by atoms with van der Waals surface area (Å²) in [6.07, 6.45) is -5.99. The van der Waals surface area contributed by atoms with Crippen molar-refractivity contribution in [1.82, 2.24) is 0 Å². The van der Waals surface area contributed by atoms with E-state index in [0.717, 1.165) is 11.1 Å². The van der Waals surface area contributed by atoms with Crippen LogP contribution in [0.3, 0.4) is 0 Å². The van der Waals surface area contributed by atoms with Crippen LogP contribution in [0.2, 0.25) is 5.02 Å². The number of hydrogen-bond acceptors (Lipinski definition) is 6. The first-order chi connectivity index (χ1) is 12.5. The Morgan fingerprint density at radius 3 is 2.31 bits per heavy atom. The maximum Gasteiger partial charge on any atom is 0.229 e. The maximum absolute atomic E-state index is 10.1. The normalized spacial score (nSPS) is 28.7. The molecule has 6 nitrogen and oxygen atoms in total. The SMILES string of the molecule is OC[C@H]1O[C@@H](Oc2ccccc2Cc2ccc(Cl)cc2)[C@H](O)[C@@H](O)[C@@H]1O. The summed E-state index contributed by atoms with van der Waals surface area (Å²) in [5.74, 6) is 0.478. The fourth-order valence-corrected chi connectivity index (χ4v) is 3.00. The Labute approximate surface area is 156 Å². The molecule has 2 aromatic rings. The van der Waals surface area contributed by atoms with Crippen molar-refractivity contribution in [1.29, 1.82) is 0 Å². The zero-order valence-electron chi connectivity index (χ0n) is 13.9. The van der Waals surface area contributed by atoms with Crippen molar-refractivity contribution < 1.29 is 29.9 Å². The second-order valence-electron chi connectivity index (χ2n) is 6.23. The lowest BCUT2D eigenvalue weighted by molar-refractivity contribution is -0.277. The molecule has 0 aromatic heterocycles. The predicted molar refractivity (Wildman–Crippen MR) is 95.1 cm³/mol. The number of aliphatic hydroxyl groups is 4. The molecule has 7 heteroatoms. The van der Waals surface area contributed by atoms with E-state index in [9.17, 15) is 20.4 Å². The van der Waals surface area contributed by atoms with Gasteiger partial charge in [-0.1, -0.05) is 41.9 Å². The smallest absolute Gasteiger partial charge is 0.229 e. The third-order valence-corrected chi connectivity index (χ3v) is 4.62. The van der Waals surface area contributed by atoms with Crippen LogP contribution in [-0.2, 0) is 11.2 Å². The molecule has 0 radical (unpaired) electrons. The topological polar surface area (TPSA) is 99.4 Å². The lowest BCUT2D eigenvalue weighted by Gasteiger charge is -2.39. The molecule has 1 aliphatic rings. The van der Waals surface area contributed by atoms with Crippen molar-refractivity contribution in [3.63, 3.8) is 0 Å². The predicted octanol–water partition coefficient (Wildman–Crippen LogP) is 1.11. The highest BCUT2D eigenvalue weighted by atomic mass is 35.5. The summed E-state index contributed by atoms with van der Waals surface area (Å²) in [4.78, 5) is 0. The molecule has 1 heterocycles. The Bertz CT molecular complexity index is 720. The number of benzene rings is 2. The molecule has 0 amide bonds. The Hall–Kier alpha value is -1.67. The first-order valence-corrected chi connectivity index (χ1v) is 8.67. The van der Waals surface area contributed by atoms with Crippen LogP contribution in [0.1, 0.15) is 11.1 Å². The Morgan fingerprint density at radius 2 is 1.62 bits per heavy atom. The van der Waals surface area contributed by atoms with E-state index >= 15 is 0 Å². The van der Waals surface area contributed by atoms with Gasteiger partial charge in [0, 0.05) is 11.4 Å². The van der Waals surface area contributed by atoms with Gasteiger partial charge in [0.05, 0.1) is 6.61 Å². The van der Waals surface area contributed by atoms with Crippen LogP contribution < -0.4 is 4.74 Å². The van der Waals surface area contributed by atoms with Crippen LogP contribution >= 0.6 is 11.6 Å². The first-order valence-electron chi connectivity index (χ1n) is 8.29. The van der Waals surface area contributed by atoms with Crippen molar-refractivity contribution in [3.8, 4) is 5.75 Å². The van der Waals surface area contributed by atoms with E-state index in [2.05, 4.69) is 0 Å². The molecule has 140 valence electrons. The second-order valence-corrected chi connectivity index (χ2v) is 6.66. The fraction of sp³-hybridized carbons (Fsp3) is 0.368. The van der Waals surface area contributed by atoms with Gasteiger partial charge in [-0.05, 0) is 29.3 Å². The summed E-state index contributed by atoms with van der Waals surface area (Å²) < 4.78 is 11.2. The van der Waals surface area contributed by atoms with Crippen LogP contribution in [0.25, 0.3) is 0 Å². The number of hydrogen-bond donors (Lipinski definition) is 4. The minimum absolute atomic E-state index is 0.478. The number of aliphatic hydroxyl groups excluding tert-OH is 4. The van der Waals surface area contributed by atoms with E-state index < -0.39 is 37.3 Å². The van der Waals surface area contributed by atoms with E-state index in [-0.39, 0.29) is 0 Å². The summed E-state index contributed by atoms with van der Waals surface area (Å²) in [5.41, 5.74) is 1.88. The Kier molecular flexibility index (Phi) is 6.13. The number of halogens is 1. The van der Waals surface area contributed by atoms with Crippen LogP contribution in [0, 0.1) is 0 Å². The minimum atomic E-state index is -1.48. The quantitative estimate of drug-likeness (QED) is 0.620. The summed E-state index contributed by atoms with van der Waals surface area (Å²) in [6.45, 7) is -0.503. The molecular weight excluding hydrogens is 360 g/mol. The zero-order valence-corrected chi connectivity index (χ0v) is 14.7. The van der Waals surface area contributed by atoms with Gasteiger partial charge in [0.2, 0.25) is 6.29 Å². The van der Waals surface area contributed by atoms with Gasteiger partial charge in [0.1, 0.15) is 30.2 Å². The highest BCUT2D eigenvalue weighted by Gasteiger charge is 2.44. The minimum Gasteiger partial charge on any atom is -0.462 e. The van der Waals surface area contributed by atoms with Crippen molar-refractivity contribution in [2.75, 3.05) is 6.61 Å². The van der Waals surface area contributed by atoms with Gasteiger partial charge >= 0.3 is 0 Å². The molecule has 0 spiro atoms. The largest absolute Gasteiger partial charge is 0.462 e. The van der Waals surface area contributed by atoms with E-state index in [1.807, 2.05) is 24.3 Å². The fourth-order valence-electron chi connectivity index (χ4n) is 2.88. The summed E-state index contributed by atoms with van der Waals surface area (Å²) in [5, 5.41) is 39.8. The lowest BCUT2D eigenvalue weighted by atomic mass is 9.99. The molecule has 2 aromatic carbocycles. The molecule has 4 N–H and O–H groups in total. The molecule has 1 aliphatic heterocycles. The van der Waals surface area contributed by atoms with Crippen molar-refractivity contribution in [3.05, 3.63) is 64.7 Å².